The smallest absolute Gasteiger partial charge is 0.341 e. The Hall–Kier alpha value is -1.56. The van der Waals surface area contributed by atoms with Crippen LogP contribution in [0.25, 0.3) is 0 Å². The molecular formula is C12H16O5S. The summed E-state index contributed by atoms with van der Waals surface area (Å²) in [7, 11) is -3.37. The van der Waals surface area contributed by atoms with Crippen LogP contribution in [-0.4, -0.2) is 33.9 Å². The third kappa shape index (κ3) is 3.46. The van der Waals surface area contributed by atoms with Crippen molar-refractivity contribution in [1.29, 1.82) is 0 Å². The second-order valence-electron chi connectivity index (χ2n) is 3.58. The summed E-state index contributed by atoms with van der Waals surface area (Å²) in [6.07, 6.45) is 1.08. The van der Waals surface area contributed by atoms with Gasteiger partial charge in [-0.1, -0.05) is 0 Å². The van der Waals surface area contributed by atoms with Crippen molar-refractivity contribution < 1.29 is 22.7 Å². The van der Waals surface area contributed by atoms with Crippen LogP contribution in [0.4, 0.5) is 0 Å². The fraction of sp³-hybridized carbons (Fsp3) is 0.417. The summed E-state index contributed by atoms with van der Waals surface area (Å²) in [5.74, 6) is -0.269. The van der Waals surface area contributed by atoms with E-state index in [2.05, 4.69) is 0 Å². The van der Waals surface area contributed by atoms with Crippen LogP contribution in [0.3, 0.4) is 0 Å². The maximum atomic E-state index is 11.7. The van der Waals surface area contributed by atoms with E-state index >= 15 is 0 Å². The third-order valence-electron chi connectivity index (χ3n) is 2.17. The second kappa shape index (κ2) is 5.86. The van der Waals surface area contributed by atoms with Gasteiger partial charge < -0.3 is 9.47 Å². The molecule has 1 aromatic rings. The summed E-state index contributed by atoms with van der Waals surface area (Å²) in [6.45, 7) is 4.05. The van der Waals surface area contributed by atoms with Crippen LogP contribution in [0.5, 0.6) is 5.75 Å². The average Bonchev–Trinajstić information content (AvgIpc) is 2.28. The van der Waals surface area contributed by atoms with Crippen LogP contribution in [0.2, 0.25) is 0 Å². The van der Waals surface area contributed by atoms with Gasteiger partial charge >= 0.3 is 5.97 Å². The lowest BCUT2D eigenvalue weighted by atomic mass is 10.2. The number of ether oxygens (including phenoxy) is 2. The molecule has 0 aliphatic heterocycles. The number of hydrogen-bond donors (Lipinski definition) is 0. The fourth-order valence-corrected chi connectivity index (χ4v) is 2.04. The molecule has 0 aliphatic carbocycles. The molecule has 1 rings (SSSR count). The standard InChI is InChI=1S/C12H16O5S/c1-4-16-11-7-6-9(18(3,14)15)8-10(11)12(13)17-5-2/h6-8H,4-5H2,1-3H3. The Bertz CT molecular complexity index is 533. The van der Waals surface area contributed by atoms with E-state index in [1.54, 1.807) is 13.8 Å². The molecule has 100 valence electrons. The molecule has 0 saturated heterocycles. The summed E-state index contributed by atoms with van der Waals surface area (Å²) >= 11 is 0. The van der Waals surface area contributed by atoms with Crippen molar-refractivity contribution in [3.8, 4) is 5.75 Å². The first kappa shape index (κ1) is 14.5. The summed E-state index contributed by atoms with van der Waals surface area (Å²) in [5, 5.41) is 0. The van der Waals surface area contributed by atoms with Gasteiger partial charge in [-0.05, 0) is 32.0 Å². The number of carbonyl (C=O) groups is 1. The van der Waals surface area contributed by atoms with Gasteiger partial charge in [0.2, 0.25) is 0 Å². The molecule has 0 heterocycles. The molecule has 6 heteroatoms. The Labute approximate surface area is 107 Å². The Morgan fingerprint density at radius 1 is 1.22 bits per heavy atom. The maximum Gasteiger partial charge on any atom is 0.341 e. The maximum absolute atomic E-state index is 11.7. The predicted molar refractivity (Wildman–Crippen MR) is 66.7 cm³/mol. The van der Waals surface area contributed by atoms with E-state index in [0.717, 1.165) is 6.26 Å². The minimum atomic E-state index is -3.37. The van der Waals surface area contributed by atoms with Crippen molar-refractivity contribution in [1.82, 2.24) is 0 Å². The van der Waals surface area contributed by atoms with Gasteiger partial charge in [0.25, 0.3) is 0 Å². The van der Waals surface area contributed by atoms with E-state index < -0.39 is 15.8 Å². The van der Waals surface area contributed by atoms with Crippen molar-refractivity contribution in [3.05, 3.63) is 23.8 Å². The number of carbonyl (C=O) groups excluding carboxylic acids is 1. The van der Waals surface area contributed by atoms with Gasteiger partial charge in [0.15, 0.2) is 9.84 Å². The summed E-state index contributed by atoms with van der Waals surface area (Å²) in [6, 6.07) is 4.15. The monoisotopic (exact) mass is 272 g/mol. The lowest BCUT2D eigenvalue weighted by Crippen LogP contribution is -2.09. The van der Waals surface area contributed by atoms with Crippen LogP contribution < -0.4 is 4.74 Å². The average molecular weight is 272 g/mol. The third-order valence-corrected chi connectivity index (χ3v) is 3.28. The molecule has 0 saturated carbocycles. The first-order valence-corrected chi connectivity index (χ1v) is 7.43. The topological polar surface area (TPSA) is 69.7 Å². The van der Waals surface area contributed by atoms with E-state index in [9.17, 15) is 13.2 Å². The molecule has 0 aromatic heterocycles. The molecule has 0 radical (unpaired) electrons. The van der Waals surface area contributed by atoms with Crippen LogP contribution in [0.15, 0.2) is 23.1 Å². The van der Waals surface area contributed by atoms with Crippen molar-refractivity contribution in [2.24, 2.45) is 0 Å². The Kier molecular flexibility index (Phi) is 4.72. The number of hydrogen-bond acceptors (Lipinski definition) is 5. The molecular weight excluding hydrogens is 256 g/mol. The second-order valence-corrected chi connectivity index (χ2v) is 5.60. The molecule has 0 N–H and O–H groups in total. The van der Waals surface area contributed by atoms with Crippen molar-refractivity contribution in [2.75, 3.05) is 19.5 Å². The summed E-state index contributed by atoms with van der Waals surface area (Å²) < 4.78 is 33.0. The van der Waals surface area contributed by atoms with Crippen LogP contribution >= 0.6 is 0 Å². The predicted octanol–water partition coefficient (Wildman–Crippen LogP) is 1.67. The number of benzene rings is 1. The quantitative estimate of drug-likeness (QED) is 0.762. The molecule has 18 heavy (non-hydrogen) atoms. The van der Waals surface area contributed by atoms with Crippen molar-refractivity contribution in [2.45, 2.75) is 18.7 Å². The van der Waals surface area contributed by atoms with Crippen LogP contribution in [-0.2, 0) is 14.6 Å². The zero-order valence-corrected chi connectivity index (χ0v) is 11.4. The first-order valence-electron chi connectivity index (χ1n) is 5.54. The molecule has 1 aromatic carbocycles. The Morgan fingerprint density at radius 3 is 2.39 bits per heavy atom. The number of sulfone groups is 1. The SMILES string of the molecule is CCOC(=O)c1cc(S(C)(=O)=O)ccc1OCC. The molecule has 0 atom stereocenters. The minimum Gasteiger partial charge on any atom is -0.493 e. The molecule has 5 nitrogen and oxygen atoms in total. The van der Waals surface area contributed by atoms with Gasteiger partial charge in [-0.2, -0.15) is 0 Å². The lowest BCUT2D eigenvalue weighted by molar-refractivity contribution is 0.0521. The zero-order valence-electron chi connectivity index (χ0n) is 10.6. The Balaban J connectivity index is 3.28. The molecule has 0 bridgehead atoms. The van der Waals surface area contributed by atoms with E-state index in [1.807, 2.05) is 0 Å². The van der Waals surface area contributed by atoms with Gasteiger partial charge in [0.05, 0.1) is 18.1 Å². The lowest BCUT2D eigenvalue weighted by Gasteiger charge is -2.10. The van der Waals surface area contributed by atoms with Gasteiger partial charge in [0, 0.05) is 6.26 Å². The zero-order chi connectivity index (χ0) is 13.8. The number of rotatable bonds is 5. The van der Waals surface area contributed by atoms with Crippen molar-refractivity contribution >= 4 is 15.8 Å². The van der Waals surface area contributed by atoms with Gasteiger partial charge in [0.1, 0.15) is 11.3 Å². The molecule has 0 aliphatic rings. The highest BCUT2D eigenvalue weighted by Gasteiger charge is 2.17. The van der Waals surface area contributed by atoms with E-state index in [1.165, 1.54) is 18.2 Å². The first-order chi connectivity index (χ1) is 8.40. The Morgan fingerprint density at radius 2 is 1.89 bits per heavy atom. The molecule has 0 amide bonds. The highest BCUT2D eigenvalue weighted by molar-refractivity contribution is 7.90. The van der Waals surface area contributed by atoms with E-state index in [-0.39, 0.29) is 17.1 Å². The van der Waals surface area contributed by atoms with Gasteiger partial charge in [-0.15, -0.1) is 0 Å². The van der Waals surface area contributed by atoms with Crippen molar-refractivity contribution in [3.63, 3.8) is 0 Å². The molecule has 0 fully saturated rings. The van der Waals surface area contributed by atoms with Crippen LogP contribution in [0, 0.1) is 0 Å². The van der Waals surface area contributed by atoms with Gasteiger partial charge in [-0.25, -0.2) is 13.2 Å². The largest absolute Gasteiger partial charge is 0.493 e. The molecule has 0 spiro atoms. The summed E-state index contributed by atoms with van der Waals surface area (Å²) in [5.41, 5.74) is 0.127. The highest BCUT2D eigenvalue weighted by atomic mass is 32.2. The number of esters is 1. The fourth-order valence-electron chi connectivity index (χ4n) is 1.39. The van der Waals surface area contributed by atoms with E-state index in [0.29, 0.717) is 12.4 Å². The van der Waals surface area contributed by atoms with Gasteiger partial charge in [-0.3, -0.25) is 0 Å². The normalized spacial score (nSPS) is 11.1. The van der Waals surface area contributed by atoms with Crippen LogP contribution in [0.1, 0.15) is 24.2 Å². The van der Waals surface area contributed by atoms with E-state index in [4.69, 9.17) is 9.47 Å². The summed E-state index contributed by atoms with van der Waals surface area (Å²) in [4.78, 5) is 11.8. The highest BCUT2D eigenvalue weighted by Crippen LogP contribution is 2.23. The molecule has 0 unspecified atom stereocenters. The minimum absolute atomic E-state index is 0.0639.